The second kappa shape index (κ2) is 5.03. The van der Waals surface area contributed by atoms with Gasteiger partial charge < -0.3 is 10.2 Å². The number of carbonyl (C=O) groups is 1. The third-order valence-corrected chi connectivity index (χ3v) is 7.74. The molecule has 1 N–H and O–H groups in total. The second-order valence-electron chi connectivity index (χ2n) is 7.18. The van der Waals surface area contributed by atoms with E-state index < -0.39 is 10.0 Å². The van der Waals surface area contributed by atoms with E-state index in [1.54, 1.807) is 46.6 Å². The second-order valence-corrected chi connectivity index (χ2v) is 9.08. The van der Waals surface area contributed by atoms with Gasteiger partial charge in [0, 0.05) is 36.5 Å². The summed E-state index contributed by atoms with van der Waals surface area (Å²) in [5.41, 5.74) is 1.35. The molecular formula is C18H19N3O3S. The lowest BCUT2D eigenvalue weighted by Gasteiger charge is -2.19. The van der Waals surface area contributed by atoms with E-state index >= 15 is 0 Å². The number of anilines is 1. The quantitative estimate of drug-likeness (QED) is 0.879. The monoisotopic (exact) mass is 357 g/mol. The van der Waals surface area contributed by atoms with E-state index in [1.165, 1.54) is 0 Å². The summed E-state index contributed by atoms with van der Waals surface area (Å²) in [5.74, 6) is 0.718. The van der Waals surface area contributed by atoms with E-state index in [1.807, 2.05) is 0 Å². The lowest BCUT2D eigenvalue weighted by atomic mass is 10.0. The Balaban J connectivity index is 1.66. The van der Waals surface area contributed by atoms with Crippen molar-refractivity contribution in [3.8, 4) is 0 Å². The van der Waals surface area contributed by atoms with Gasteiger partial charge in [0.2, 0.25) is 10.0 Å². The Hall–Kier alpha value is -1.96. The summed E-state index contributed by atoms with van der Waals surface area (Å²) in [6.07, 6.45) is 0. The minimum absolute atomic E-state index is 0.0862. The summed E-state index contributed by atoms with van der Waals surface area (Å²) in [6, 6.07) is 8.74. The number of sulfonamides is 1. The van der Waals surface area contributed by atoms with Gasteiger partial charge in [-0.25, -0.2) is 8.42 Å². The van der Waals surface area contributed by atoms with Crippen LogP contribution in [0.25, 0.3) is 10.8 Å². The van der Waals surface area contributed by atoms with Crippen molar-refractivity contribution in [1.82, 2.24) is 9.62 Å². The summed E-state index contributed by atoms with van der Waals surface area (Å²) in [5, 5.41) is 4.72. The normalized spacial score (nSPS) is 26.0. The summed E-state index contributed by atoms with van der Waals surface area (Å²) in [7, 11) is -1.85. The average Bonchev–Trinajstić information content (AvgIpc) is 3.26. The van der Waals surface area contributed by atoms with Crippen LogP contribution in [0.4, 0.5) is 5.69 Å². The molecule has 3 heterocycles. The lowest BCUT2D eigenvalue weighted by Crippen LogP contribution is -2.32. The number of nitrogens with one attached hydrogen (secondary N) is 1. The Morgan fingerprint density at radius 3 is 2.52 bits per heavy atom. The average molecular weight is 357 g/mol. The van der Waals surface area contributed by atoms with Gasteiger partial charge in [-0.15, -0.1) is 0 Å². The van der Waals surface area contributed by atoms with Crippen LogP contribution >= 0.6 is 0 Å². The van der Waals surface area contributed by atoms with Gasteiger partial charge in [-0.2, -0.15) is 4.31 Å². The Bertz CT molecular complexity index is 1010. The van der Waals surface area contributed by atoms with E-state index in [0.717, 1.165) is 24.2 Å². The van der Waals surface area contributed by atoms with Gasteiger partial charge in [-0.1, -0.05) is 12.1 Å². The van der Waals surface area contributed by atoms with Crippen molar-refractivity contribution in [3.63, 3.8) is 0 Å². The van der Waals surface area contributed by atoms with Crippen molar-refractivity contribution < 1.29 is 13.2 Å². The first-order valence-corrected chi connectivity index (χ1v) is 9.97. The number of amides is 1. The molecule has 0 aliphatic carbocycles. The van der Waals surface area contributed by atoms with E-state index in [4.69, 9.17) is 0 Å². The molecule has 1 amide bonds. The summed E-state index contributed by atoms with van der Waals surface area (Å²) in [6.45, 7) is 2.92. The van der Waals surface area contributed by atoms with E-state index in [2.05, 4.69) is 5.32 Å². The number of carbonyl (C=O) groups excluding carboxylic acids is 1. The Kier molecular flexibility index (Phi) is 3.08. The molecule has 2 atom stereocenters. The van der Waals surface area contributed by atoms with E-state index in [-0.39, 0.29) is 5.91 Å². The minimum atomic E-state index is -3.57. The van der Waals surface area contributed by atoms with Gasteiger partial charge in [0.15, 0.2) is 0 Å². The fraction of sp³-hybridized carbons (Fsp3) is 0.389. The third-order valence-electron chi connectivity index (χ3n) is 5.85. The highest BCUT2D eigenvalue weighted by Crippen LogP contribution is 2.41. The van der Waals surface area contributed by atoms with Gasteiger partial charge in [0.1, 0.15) is 0 Å². The molecular weight excluding hydrogens is 338 g/mol. The number of hydrogen-bond acceptors (Lipinski definition) is 4. The first-order chi connectivity index (χ1) is 12.0. The molecule has 0 saturated carbocycles. The van der Waals surface area contributed by atoms with Crippen molar-refractivity contribution in [3.05, 3.63) is 35.9 Å². The maximum absolute atomic E-state index is 13.3. The molecule has 25 heavy (non-hydrogen) atoms. The van der Waals surface area contributed by atoms with Crippen LogP contribution in [0.3, 0.4) is 0 Å². The first-order valence-electron chi connectivity index (χ1n) is 8.53. The third kappa shape index (κ3) is 1.97. The van der Waals surface area contributed by atoms with Gasteiger partial charge in [0.25, 0.3) is 5.91 Å². The number of benzene rings is 2. The zero-order valence-electron chi connectivity index (χ0n) is 13.9. The summed E-state index contributed by atoms with van der Waals surface area (Å²) in [4.78, 5) is 14.3. The number of rotatable bonds is 2. The van der Waals surface area contributed by atoms with Crippen LogP contribution < -0.4 is 10.2 Å². The molecule has 130 valence electrons. The van der Waals surface area contributed by atoms with Crippen LogP contribution in [-0.2, 0) is 10.0 Å². The molecule has 2 fully saturated rings. The fourth-order valence-electron chi connectivity index (χ4n) is 4.48. The van der Waals surface area contributed by atoms with Gasteiger partial charge in [-0.3, -0.25) is 4.79 Å². The molecule has 2 saturated heterocycles. The molecule has 0 aromatic heterocycles. The minimum Gasteiger partial charge on any atom is -0.316 e. The van der Waals surface area contributed by atoms with E-state index in [0.29, 0.717) is 40.8 Å². The predicted molar refractivity (Wildman–Crippen MR) is 95.3 cm³/mol. The highest BCUT2D eigenvalue weighted by Gasteiger charge is 2.42. The smallest absolute Gasteiger partial charge is 0.258 e. The summed E-state index contributed by atoms with van der Waals surface area (Å²) < 4.78 is 28.2. The zero-order chi connectivity index (χ0) is 17.3. The number of hydrogen-bond donors (Lipinski definition) is 1. The molecule has 7 heteroatoms. The molecule has 0 bridgehead atoms. The van der Waals surface area contributed by atoms with Crippen LogP contribution in [0.1, 0.15) is 10.4 Å². The predicted octanol–water partition coefficient (Wildman–Crippen LogP) is 1.27. The van der Waals surface area contributed by atoms with Crippen LogP contribution in [-0.4, -0.2) is 51.9 Å². The Labute approximate surface area is 146 Å². The van der Waals surface area contributed by atoms with E-state index in [9.17, 15) is 13.2 Å². The molecule has 5 rings (SSSR count). The number of fused-ring (bicyclic) bond motifs is 1. The summed E-state index contributed by atoms with van der Waals surface area (Å²) >= 11 is 0. The molecule has 2 aromatic carbocycles. The first kappa shape index (κ1) is 15.3. The molecule has 2 aromatic rings. The van der Waals surface area contributed by atoms with Gasteiger partial charge in [0.05, 0.1) is 10.6 Å². The van der Waals surface area contributed by atoms with Crippen molar-refractivity contribution in [2.75, 3.05) is 38.1 Å². The Morgan fingerprint density at radius 2 is 1.80 bits per heavy atom. The fourth-order valence-corrected chi connectivity index (χ4v) is 6.22. The zero-order valence-corrected chi connectivity index (χ0v) is 14.7. The van der Waals surface area contributed by atoms with Crippen molar-refractivity contribution in [2.45, 2.75) is 4.90 Å². The SMILES string of the molecule is CN1C(=O)c2cccc3c(S(=O)(=O)N4C[C@H]5CNC[C@H]5C4)ccc1c23. The van der Waals surface area contributed by atoms with Crippen molar-refractivity contribution in [2.24, 2.45) is 11.8 Å². The van der Waals surface area contributed by atoms with Crippen LogP contribution in [0.15, 0.2) is 35.2 Å². The van der Waals surface area contributed by atoms with Crippen LogP contribution in [0.5, 0.6) is 0 Å². The van der Waals surface area contributed by atoms with Gasteiger partial charge in [-0.05, 0) is 43.1 Å². The lowest BCUT2D eigenvalue weighted by molar-refractivity contribution is 0.0999. The molecule has 3 aliphatic heterocycles. The Morgan fingerprint density at radius 1 is 1.08 bits per heavy atom. The number of nitrogens with zero attached hydrogens (tertiary/aromatic N) is 2. The highest BCUT2D eigenvalue weighted by atomic mass is 32.2. The van der Waals surface area contributed by atoms with Gasteiger partial charge >= 0.3 is 0 Å². The topological polar surface area (TPSA) is 69.7 Å². The highest BCUT2D eigenvalue weighted by molar-refractivity contribution is 7.89. The standard InChI is InChI=1S/C18H19N3O3S/c1-20-15-5-6-16(13-3-2-4-14(17(13)15)18(20)22)25(23,24)21-9-11-7-19-8-12(11)10-21/h2-6,11-12,19H,7-10H2,1H3/t11-,12+. The molecule has 6 nitrogen and oxygen atoms in total. The van der Waals surface area contributed by atoms with Crippen LogP contribution in [0.2, 0.25) is 0 Å². The van der Waals surface area contributed by atoms with Crippen LogP contribution in [0, 0.1) is 11.8 Å². The molecule has 0 unspecified atom stereocenters. The van der Waals surface area contributed by atoms with Crippen molar-refractivity contribution in [1.29, 1.82) is 0 Å². The van der Waals surface area contributed by atoms with Crippen molar-refractivity contribution >= 4 is 32.4 Å². The largest absolute Gasteiger partial charge is 0.316 e. The maximum Gasteiger partial charge on any atom is 0.258 e. The maximum atomic E-state index is 13.3. The molecule has 3 aliphatic rings. The molecule has 0 radical (unpaired) electrons. The molecule has 0 spiro atoms.